The van der Waals surface area contributed by atoms with Crippen LogP contribution in [0.5, 0.6) is 0 Å². The highest BCUT2D eigenvalue weighted by atomic mass is 32.1. The van der Waals surface area contributed by atoms with Crippen LogP contribution < -0.4 is 10.2 Å². The predicted octanol–water partition coefficient (Wildman–Crippen LogP) is 6.75. The van der Waals surface area contributed by atoms with Crippen LogP contribution >= 0.6 is 11.3 Å². The number of hydrogen-bond donors (Lipinski definition) is 1. The molecule has 0 spiro atoms. The second kappa shape index (κ2) is 12.5. The van der Waals surface area contributed by atoms with Crippen LogP contribution in [-0.2, 0) is 6.42 Å². The summed E-state index contributed by atoms with van der Waals surface area (Å²) in [6.45, 7) is 8.08. The molecule has 0 amide bonds. The molecular formula is C31H33FN8S. The lowest BCUT2D eigenvalue weighted by Crippen LogP contribution is -2.27. The second-order valence-corrected chi connectivity index (χ2v) is 10.6. The van der Waals surface area contributed by atoms with Gasteiger partial charge < -0.3 is 10.2 Å². The van der Waals surface area contributed by atoms with E-state index in [0.717, 1.165) is 66.5 Å². The Morgan fingerprint density at radius 3 is 2.37 bits per heavy atom. The van der Waals surface area contributed by atoms with E-state index in [2.05, 4.69) is 28.9 Å². The fourth-order valence-corrected chi connectivity index (χ4v) is 5.89. The van der Waals surface area contributed by atoms with Crippen LogP contribution in [0.2, 0.25) is 0 Å². The van der Waals surface area contributed by atoms with E-state index in [1.165, 1.54) is 23.5 Å². The van der Waals surface area contributed by atoms with Gasteiger partial charge in [-0.05, 0) is 68.8 Å². The van der Waals surface area contributed by atoms with E-state index >= 15 is 0 Å². The monoisotopic (exact) mass is 568 g/mol. The number of thiazole rings is 1. The van der Waals surface area contributed by atoms with Crippen LogP contribution in [0.3, 0.4) is 0 Å². The minimum absolute atomic E-state index is 0.328. The maximum atomic E-state index is 13.5. The smallest absolute Gasteiger partial charge is 0.192 e. The summed E-state index contributed by atoms with van der Waals surface area (Å²) in [4.78, 5) is 21.5. The van der Waals surface area contributed by atoms with Gasteiger partial charge in [0.2, 0.25) is 0 Å². The average Bonchev–Trinajstić information content (AvgIpc) is 3.64. The van der Waals surface area contributed by atoms with Gasteiger partial charge in [-0.2, -0.15) is 5.26 Å². The van der Waals surface area contributed by atoms with Crippen molar-refractivity contribution in [1.29, 1.82) is 5.26 Å². The van der Waals surface area contributed by atoms with Gasteiger partial charge in [0.1, 0.15) is 39.7 Å². The molecule has 0 unspecified atom stereocenters. The summed E-state index contributed by atoms with van der Waals surface area (Å²) in [6, 6.07) is 12.3. The van der Waals surface area contributed by atoms with Crippen molar-refractivity contribution in [2.24, 2.45) is 0 Å². The number of halogens is 1. The molecule has 10 heteroatoms. The van der Waals surface area contributed by atoms with Gasteiger partial charge in [-0.1, -0.05) is 32.1 Å². The summed E-state index contributed by atoms with van der Waals surface area (Å²) < 4.78 is 15.5. The first kappa shape index (κ1) is 28.3. The molecular weight excluding hydrogens is 535 g/mol. The molecule has 4 aromatic heterocycles. The van der Waals surface area contributed by atoms with E-state index in [-0.39, 0.29) is 5.82 Å². The molecule has 1 fully saturated rings. The lowest BCUT2D eigenvalue weighted by molar-refractivity contribution is 0.445. The largest absolute Gasteiger partial charge is 0.317 e. The summed E-state index contributed by atoms with van der Waals surface area (Å²) in [5.74, 6) is 1.86. The molecule has 41 heavy (non-hydrogen) atoms. The summed E-state index contributed by atoms with van der Waals surface area (Å²) in [5, 5.41) is 13.8. The van der Waals surface area contributed by atoms with Gasteiger partial charge in [0, 0.05) is 48.2 Å². The summed E-state index contributed by atoms with van der Waals surface area (Å²) in [7, 11) is 1.93. The number of imidazole rings is 1. The maximum Gasteiger partial charge on any atom is 0.192 e. The first-order chi connectivity index (χ1) is 20.1. The van der Waals surface area contributed by atoms with Crippen molar-refractivity contribution < 1.29 is 4.39 Å². The Morgan fingerprint density at radius 1 is 1.02 bits per heavy atom. The quantitative estimate of drug-likeness (QED) is 0.242. The van der Waals surface area contributed by atoms with Gasteiger partial charge >= 0.3 is 0 Å². The van der Waals surface area contributed by atoms with Crippen molar-refractivity contribution in [3.63, 3.8) is 0 Å². The van der Waals surface area contributed by atoms with Crippen molar-refractivity contribution in [3.05, 3.63) is 77.2 Å². The summed E-state index contributed by atoms with van der Waals surface area (Å²) in [6.07, 6.45) is 8.71. The Labute approximate surface area is 243 Å². The van der Waals surface area contributed by atoms with E-state index in [0.29, 0.717) is 27.2 Å². The number of aromatic nitrogens is 5. The third-order valence-corrected chi connectivity index (χ3v) is 8.18. The lowest BCUT2D eigenvalue weighted by Gasteiger charge is -2.21. The molecule has 0 aliphatic carbocycles. The molecule has 1 N–H and O–H groups in total. The number of fused-ring (bicyclic) bond motifs is 1. The van der Waals surface area contributed by atoms with E-state index < -0.39 is 0 Å². The van der Waals surface area contributed by atoms with E-state index in [1.54, 1.807) is 12.1 Å². The Kier molecular flexibility index (Phi) is 8.67. The van der Waals surface area contributed by atoms with Crippen molar-refractivity contribution in [3.8, 4) is 28.5 Å². The van der Waals surface area contributed by atoms with Gasteiger partial charge in [0.25, 0.3) is 0 Å². The van der Waals surface area contributed by atoms with Gasteiger partial charge in [-0.25, -0.2) is 24.3 Å². The van der Waals surface area contributed by atoms with Crippen molar-refractivity contribution in [2.45, 2.75) is 46.0 Å². The zero-order valence-electron chi connectivity index (χ0n) is 23.7. The van der Waals surface area contributed by atoms with Crippen LogP contribution in [0, 0.1) is 17.1 Å². The number of pyridine rings is 1. The molecule has 5 heterocycles. The van der Waals surface area contributed by atoms with Crippen molar-refractivity contribution in [1.82, 2.24) is 29.7 Å². The molecule has 1 aliphatic rings. The van der Waals surface area contributed by atoms with E-state index in [4.69, 9.17) is 19.9 Å². The molecule has 8 nitrogen and oxygen atoms in total. The lowest BCUT2D eigenvalue weighted by atomic mass is 9.97. The number of anilines is 2. The van der Waals surface area contributed by atoms with Gasteiger partial charge in [0.05, 0.1) is 5.69 Å². The number of nitrogens with zero attached hydrogens (tertiary/aromatic N) is 7. The second-order valence-electron chi connectivity index (χ2n) is 9.59. The zero-order chi connectivity index (χ0) is 28.9. The topological polar surface area (TPSA) is 95.0 Å². The first-order valence-electron chi connectivity index (χ1n) is 14.0. The van der Waals surface area contributed by atoms with Gasteiger partial charge in [-0.3, -0.25) is 4.40 Å². The third kappa shape index (κ3) is 5.69. The molecule has 1 aromatic carbocycles. The molecule has 1 aliphatic heterocycles. The molecule has 0 radical (unpaired) electrons. The summed E-state index contributed by atoms with van der Waals surface area (Å²) in [5.41, 5.74) is 4.91. The Balaban J connectivity index is 0.00000165. The number of nitriles is 1. The van der Waals surface area contributed by atoms with Crippen molar-refractivity contribution in [2.75, 3.05) is 25.0 Å². The number of piperidine rings is 1. The molecule has 210 valence electrons. The first-order valence-corrected chi connectivity index (χ1v) is 14.8. The molecule has 6 rings (SSSR count). The van der Waals surface area contributed by atoms with Gasteiger partial charge in [0.15, 0.2) is 5.13 Å². The average molecular weight is 569 g/mol. The van der Waals surface area contributed by atoms with Gasteiger partial charge in [-0.15, -0.1) is 0 Å². The highest BCUT2D eigenvalue weighted by Gasteiger charge is 2.22. The Bertz CT molecular complexity index is 1660. The van der Waals surface area contributed by atoms with Crippen LogP contribution in [0.1, 0.15) is 55.9 Å². The number of nitrogens with one attached hydrogen (secondary N) is 1. The minimum atomic E-state index is -0.328. The molecule has 1 saturated heterocycles. The fraction of sp³-hybridized carbons (Fsp3) is 0.323. The fourth-order valence-electron chi connectivity index (χ4n) is 5.04. The van der Waals surface area contributed by atoms with Crippen molar-refractivity contribution >= 4 is 27.9 Å². The molecule has 0 atom stereocenters. The Hall–Kier alpha value is -4.20. The van der Waals surface area contributed by atoms with Crippen LogP contribution in [0.4, 0.5) is 15.3 Å². The number of benzene rings is 1. The number of hydrogen-bond acceptors (Lipinski definition) is 8. The van der Waals surface area contributed by atoms with E-state index in [9.17, 15) is 9.65 Å². The Morgan fingerprint density at radius 2 is 1.71 bits per heavy atom. The number of rotatable bonds is 6. The normalized spacial score (nSPS) is 13.5. The van der Waals surface area contributed by atoms with Crippen LogP contribution in [0.25, 0.3) is 28.0 Å². The predicted molar refractivity (Wildman–Crippen MR) is 162 cm³/mol. The molecule has 5 aromatic rings. The maximum absolute atomic E-state index is 13.5. The number of aryl methyl sites for hydroxylation is 1. The van der Waals surface area contributed by atoms with E-state index in [1.807, 2.05) is 50.3 Å². The van der Waals surface area contributed by atoms with Crippen LogP contribution in [0.15, 0.2) is 55.0 Å². The summed E-state index contributed by atoms with van der Waals surface area (Å²) >= 11 is 1.30. The highest BCUT2D eigenvalue weighted by Crippen LogP contribution is 2.37. The zero-order valence-corrected chi connectivity index (χ0v) is 24.5. The third-order valence-electron chi connectivity index (χ3n) is 7.15. The highest BCUT2D eigenvalue weighted by molar-refractivity contribution is 7.16. The SMILES string of the molecule is CC.CCc1nc2ccc(-c3cnc(C4CCNCC4)nc3)cn2c1N(C)c1nc(-c2ccc(F)cc2)c(C#N)s1. The molecule has 0 saturated carbocycles. The standard InChI is InChI=1S/C29H27FN8S.C2H6/c1-3-23-28(37(2)29-36-26(24(14-31)39-29)18-4-7-22(30)8-5-18)38-17-20(6-9-25(38)35-23)21-15-33-27(34-16-21)19-10-12-32-13-11-19;1-2/h4-9,15-17,19,32H,3,10-13H2,1-2H3;1-2H3. The molecule has 0 bridgehead atoms. The minimum Gasteiger partial charge on any atom is -0.317 e. The van der Waals surface area contributed by atoms with Crippen LogP contribution in [-0.4, -0.2) is 44.5 Å².